The summed E-state index contributed by atoms with van der Waals surface area (Å²) in [4.78, 5) is 4.11. The van der Waals surface area contributed by atoms with Crippen molar-refractivity contribution in [3.63, 3.8) is 0 Å². The SMILES string of the molecule is C=C/C(=C\n1ccnc1C)C(C)N. The molecule has 1 unspecified atom stereocenters. The van der Waals surface area contributed by atoms with Gasteiger partial charge in [-0.3, -0.25) is 0 Å². The van der Waals surface area contributed by atoms with Crippen LogP contribution in [-0.4, -0.2) is 15.6 Å². The summed E-state index contributed by atoms with van der Waals surface area (Å²) in [5.41, 5.74) is 6.74. The van der Waals surface area contributed by atoms with E-state index in [0.717, 1.165) is 11.4 Å². The lowest BCUT2D eigenvalue weighted by Gasteiger charge is -2.06. The van der Waals surface area contributed by atoms with Gasteiger partial charge in [0.25, 0.3) is 0 Å². The van der Waals surface area contributed by atoms with Crippen molar-refractivity contribution in [2.24, 2.45) is 5.73 Å². The van der Waals surface area contributed by atoms with Crippen LogP contribution < -0.4 is 5.73 Å². The zero-order chi connectivity index (χ0) is 9.84. The number of hydrogen-bond donors (Lipinski definition) is 1. The Morgan fingerprint density at radius 2 is 2.46 bits per heavy atom. The third-order valence-corrected chi connectivity index (χ3v) is 1.91. The van der Waals surface area contributed by atoms with Crippen LogP contribution in [0.4, 0.5) is 0 Å². The van der Waals surface area contributed by atoms with Gasteiger partial charge >= 0.3 is 0 Å². The predicted molar refractivity (Wildman–Crippen MR) is 55.1 cm³/mol. The number of aryl methyl sites for hydroxylation is 1. The molecule has 0 saturated carbocycles. The summed E-state index contributed by atoms with van der Waals surface area (Å²) < 4.78 is 1.93. The molecule has 2 N–H and O–H groups in total. The van der Waals surface area contributed by atoms with E-state index in [9.17, 15) is 0 Å². The van der Waals surface area contributed by atoms with Crippen LogP contribution in [0, 0.1) is 6.92 Å². The van der Waals surface area contributed by atoms with Gasteiger partial charge in [-0.15, -0.1) is 0 Å². The lowest BCUT2D eigenvalue weighted by atomic mass is 10.1. The van der Waals surface area contributed by atoms with Crippen molar-refractivity contribution < 1.29 is 0 Å². The minimum absolute atomic E-state index is 0.000648. The molecule has 0 aromatic carbocycles. The normalized spacial score (nSPS) is 14.2. The van der Waals surface area contributed by atoms with Crippen LogP contribution in [-0.2, 0) is 0 Å². The molecule has 0 aliphatic heterocycles. The van der Waals surface area contributed by atoms with Gasteiger partial charge in [0.15, 0.2) is 0 Å². The van der Waals surface area contributed by atoms with Gasteiger partial charge in [-0.25, -0.2) is 4.98 Å². The van der Waals surface area contributed by atoms with E-state index in [4.69, 9.17) is 5.73 Å². The standard InChI is InChI=1S/C10H15N3/c1-4-10(8(2)11)7-13-6-5-12-9(13)3/h4-8H,1,11H2,2-3H3/b10-7+. The van der Waals surface area contributed by atoms with E-state index in [1.165, 1.54) is 0 Å². The molecular weight excluding hydrogens is 162 g/mol. The second-order valence-electron chi connectivity index (χ2n) is 3.00. The molecule has 3 heteroatoms. The number of imidazole rings is 1. The number of nitrogens with two attached hydrogens (primary N) is 1. The second-order valence-corrected chi connectivity index (χ2v) is 3.00. The smallest absolute Gasteiger partial charge is 0.109 e. The Morgan fingerprint density at radius 3 is 2.85 bits per heavy atom. The molecule has 1 aromatic heterocycles. The molecule has 0 spiro atoms. The molecule has 1 heterocycles. The highest BCUT2D eigenvalue weighted by molar-refractivity contribution is 5.40. The van der Waals surface area contributed by atoms with Gasteiger partial charge in [-0.2, -0.15) is 0 Å². The highest BCUT2D eigenvalue weighted by Gasteiger charge is 1.99. The minimum Gasteiger partial charge on any atom is -0.324 e. The Morgan fingerprint density at radius 1 is 1.77 bits per heavy atom. The average Bonchev–Trinajstić information content (AvgIpc) is 2.46. The molecule has 13 heavy (non-hydrogen) atoms. The molecule has 0 aliphatic carbocycles. The molecule has 0 saturated heterocycles. The van der Waals surface area contributed by atoms with Crippen molar-refractivity contribution in [2.45, 2.75) is 19.9 Å². The third kappa shape index (κ3) is 2.29. The van der Waals surface area contributed by atoms with Gasteiger partial charge in [0.05, 0.1) is 0 Å². The van der Waals surface area contributed by atoms with Crippen LogP contribution >= 0.6 is 0 Å². The number of hydrogen-bond acceptors (Lipinski definition) is 2. The predicted octanol–water partition coefficient (Wildman–Crippen LogP) is 1.57. The first-order valence-corrected chi connectivity index (χ1v) is 4.24. The molecule has 3 nitrogen and oxygen atoms in total. The zero-order valence-corrected chi connectivity index (χ0v) is 8.07. The summed E-state index contributed by atoms with van der Waals surface area (Å²) in [5.74, 6) is 0.944. The highest BCUT2D eigenvalue weighted by atomic mass is 15.0. The first-order chi connectivity index (χ1) is 6.15. The van der Waals surface area contributed by atoms with Crippen LogP contribution in [0.2, 0.25) is 0 Å². The molecular formula is C10H15N3. The van der Waals surface area contributed by atoms with Crippen LogP contribution in [0.5, 0.6) is 0 Å². The Bertz CT molecular complexity index is 321. The van der Waals surface area contributed by atoms with E-state index in [1.807, 2.05) is 30.8 Å². The maximum Gasteiger partial charge on any atom is 0.109 e. The van der Waals surface area contributed by atoms with E-state index < -0.39 is 0 Å². The van der Waals surface area contributed by atoms with Gasteiger partial charge in [0.2, 0.25) is 0 Å². The van der Waals surface area contributed by atoms with E-state index in [0.29, 0.717) is 0 Å². The van der Waals surface area contributed by atoms with Crippen molar-refractivity contribution >= 4 is 6.20 Å². The van der Waals surface area contributed by atoms with Gasteiger partial charge in [-0.1, -0.05) is 12.7 Å². The van der Waals surface area contributed by atoms with Gasteiger partial charge < -0.3 is 10.3 Å². The summed E-state index contributed by atoms with van der Waals surface area (Å²) in [6.45, 7) is 7.58. The minimum atomic E-state index is -0.000648. The Balaban J connectivity index is 2.98. The Kier molecular flexibility index (Phi) is 3.03. The molecule has 1 atom stereocenters. The average molecular weight is 177 g/mol. The molecule has 0 bridgehead atoms. The first kappa shape index (κ1) is 9.74. The largest absolute Gasteiger partial charge is 0.324 e. The van der Waals surface area contributed by atoms with E-state index >= 15 is 0 Å². The molecule has 1 rings (SSSR count). The maximum absolute atomic E-state index is 5.74. The van der Waals surface area contributed by atoms with E-state index in [2.05, 4.69) is 11.6 Å². The summed E-state index contributed by atoms with van der Waals surface area (Å²) in [5, 5.41) is 0. The highest BCUT2D eigenvalue weighted by Crippen LogP contribution is 2.05. The fraction of sp³-hybridized carbons (Fsp3) is 0.300. The molecule has 0 amide bonds. The van der Waals surface area contributed by atoms with Crippen LogP contribution in [0.25, 0.3) is 6.20 Å². The number of rotatable bonds is 3. The fourth-order valence-electron chi connectivity index (χ4n) is 1.04. The summed E-state index contributed by atoms with van der Waals surface area (Å²) >= 11 is 0. The molecule has 0 fully saturated rings. The Hall–Kier alpha value is -1.35. The zero-order valence-electron chi connectivity index (χ0n) is 8.07. The van der Waals surface area contributed by atoms with Crippen molar-refractivity contribution in [2.75, 3.05) is 0 Å². The lowest BCUT2D eigenvalue weighted by Crippen LogP contribution is -2.17. The quantitative estimate of drug-likeness (QED) is 0.712. The summed E-state index contributed by atoms with van der Waals surface area (Å²) in [6.07, 6.45) is 7.36. The number of aromatic nitrogens is 2. The van der Waals surface area contributed by atoms with Gasteiger partial charge in [0, 0.05) is 24.6 Å². The molecule has 1 aromatic rings. The Labute approximate surface area is 78.6 Å². The van der Waals surface area contributed by atoms with E-state index in [-0.39, 0.29) is 6.04 Å². The van der Waals surface area contributed by atoms with Crippen molar-refractivity contribution in [1.82, 2.24) is 9.55 Å². The topological polar surface area (TPSA) is 43.8 Å². The van der Waals surface area contributed by atoms with E-state index in [1.54, 1.807) is 12.3 Å². The van der Waals surface area contributed by atoms with Gasteiger partial charge in [-0.05, 0) is 19.4 Å². The van der Waals surface area contributed by atoms with Crippen LogP contribution in [0.3, 0.4) is 0 Å². The summed E-state index contributed by atoms with van der Waals surface area (Å²) in [6, 6.07) is -0.000648. The van der Waals surface area contributed by atoms with Crippen LogP contribution in [0.1, 0.15) is 12.7 Å². The fourth-order valence-corrected chi connectivity index (χ4v) is 1.04. The second kappa shape index (κ2) is 4.05. The summed E-state index contributed by atoms with van der Waals surface area (Å²) in [7, 11) is 0. The molecule has 0 aliphatic rings. The van der Waals surface area contributed by atoms with Crippen molar-refractivity contribution in [1.29, 1.82) is 0 Å². The first-order valence-electron chi connectivity index (χ1n) is 4.24. The third-order valence-electron chi connectivity index (χ3n) is 1.91. The molecule has 0 radical (unpaired) electrons. The number of nitrogens with zero attached hydrogens (tertiary/aromatic N) is 2. The lowest BCUT2D eigenvalue weighted by molar-refractivity contribution is 0.880. The van der Waals surface area contributed by atoms with Gasteiger partial charge in [0.1, 0.15) is 5.82 Å². The van der Waals surface area contributed by atoms with Crippen LogP contribution in [0.15, 0.2) is 30.6 Å². The monoisotopic (exact) mass is 177 g/mol. The maximum atomic E-state index is 5.74. The van der Waals surface area contributed by atoms with Crippen molar-refractivity contribution in [3.05, 3.63) is 36.4 Å². The van der Waals surface area contributed by atoms with Crippen molar-refractivity contribution in [3.8, 4) is 0 Å². The molecule has 70 valence electrons.